The Morgan fingerprint density at radius 1 is 1.39 bits per heavy atom. The van der Waals surface area contributed by atoms with Gasteiger partial charge in [-0.3, -0.25) is 14.9 Å². The molecule has 23 heavy (non-hydrogen) atoms. The fraction of sp³-hybridized carbons (Fsp3) is 0.133. The Balaban J connectivity index is 2.23. The summed E-state index contributed by atoms with van der Waals surface area (Å²) in [5.41, 5.74) is -0.303. The van der Waals surface area contributed by atoms with Gasteiger partial charge in [0.25, 0.3) is 5.91 Å². The quantitative estimate of drug-likeness (QED) is 0.634. The lowest BCUT2D eigenvalue weighted by Crippen LogP contribution is -2.24. The van der Waals surface area contributed by atoms with E-state index in [1.54, 1.807) is 6.07 Å². The van der Waals surface area contributed by atoms with Gasteiger partial charge in [0.15, 0.2) is 5.75 Å². The molecule has 8 heteroatoms. The smallest absolute Gasteiger partial charge is 0.323 e. The Morgan fingerprint density at radius 2 is 2.13 bits per heavy atom. The third-order valence-corrected chi connectivity index (χ3v) is 3.59. The van der Waals surface area contributed by atoms with Gasteiger partial charge in [-0.1, -0.05) is 28.1 Å². The van der Waals surface area contributed by atoms with Crippen LogP contribution in [0.2, 0.25) is 0 Å². The number of nitro groups is 1. The topological polar surface area (TPSA) is 81.5 Å². The van der Waals surface area contributed by atoms with E-state index in [-0.39, 0.29) is 23.4 Å². The summed E-state index contributed by atoms with van der Waals surface area (Å²) in [5.74, 6) is -1.18. The minimum Gasteiger partial charge on any atom is -0.490 e. The van der Waals surface area contributed by atoms with Crippen molar-refractivity contribution in [2.75, 3.05) is 7.11 Å². The van der Waals surface area contributed by atoms with Crippen LogP contribution in [0.4, 0.5) is 10.1 Å². The van der Waals surface area contributed by atoms with E-state index in [9.17, 15) is 19.3 Å². The van der Waals surface area contributed by atoms with E-state index in [0.717, 1.165) is 0 Å². The third-order valence-electron chi connectivity index (χ3n) is 3.10. The molecule has 1 N–H and O–H groups in total. The van der Waals surface area contributed by atoms with Gasteiger partial charge < -0.3 is 10.1 Å². The number of methoxy groups -OCH3 is 1. The summed E-state index contributed by atoms with van der Waals surface area (Å²) in [6.45, 7) is -0.0910. The maximum absolute atomic E-state index is 13.7. The molecule has 2 aromatic carbocycles. The summed E-state index contributed by atoms with van der Waals surface area (Å²) in [5, 5.41) is 13.6. The van der Waals surface area contributed by atoms with Crippen LogP contribution in [0.15, 0.2) is 40.9 Å². The molecule has 6 nitrogen and oxygen atoms in total. The van der Waals surface area contributed by atoms with Gasteiger partial charge in [0.2, 0.25) is 0 Å². The highest BCUT2D eigenvalue weighted by atomic mass is 79.9. The predicted molar refractivity (Wildman–Crippen MR) is 84.9 cm³/mol. The monoisotopic (exact) mass is 382 g/mol. The van der Waals surface area contributed by atoms with E-state index in [0.29, 0.717) is 4.47 Å². The van der Waals surface area contributed by atoms with Gasteiger partial charge in [-0.15, -0.1) is 0 Å². The minimum absolute atomic E-state index is 0.0162. The van der Waals surface area contributed by atoms with Gasteiger partial charge in [-0.25, -0.2) is 4.39 Å². The van der Waals surface area contributed by atoms with Crippen LogP contribution in [-0.2, 0) is 6.54 Å². The molecule has 120 valence electrons. The van der Waals surface area contributed by atoms with Crippen LogP contribution in [0, 0.1) is 15.9 Å². The first-order chi connectivity index (χ1) is 10.9. The van der Waals surface area contributed by atoms with Crippen LogP contribution in [-0.4, -0.2) is 17.9 Å². The molecule has 0 aliphatic heterocycles. The molecule has 0 radical (unpaired) electrons. The number of nitrogens with one attached hydrogen (secondary N) is 1. The first-order valence-electron chi connectivity index (χ1n) is 6.47. The number of halogens is 2. The van der Waals surface area contributed by atoms with Crippen LogP contribution in [0.3, 0.4) is 0 Å². The molecular formula is C15H12BrFN2O4. The number of carbonyl (C=O) groups excluding carboxylic acids is 1. The van der Waals surface area contributed by atoms with Crippen LogP contribution < -0.4 is 10.1 Å². The van der Waals surface area contributed by atoms with Crippen LogP contribution in [0.25, 0.3) is 0 Å². The number of nitro benzene ring substituents is 1. The molecule has 0 aliphatic carbocycles. The van der Waals surface area contributed by atoms with Crippen molar-refractivity contribution in [3.05, 3.63) is 67.9 Å². The molecule has 0 saturated carbocycles. The molecule has 0 aliphatic rings. The lowest BCUT2D eigenvalue weighted by molar-refractivity contribution is -0.386. The molecule has 2 aromatic rings. The van der Waals surface area contributed by atoms with Crippen molar-refractivity contribution in [3.63, 3.8) is 0 Å². The fourth-order valence-corrected chi connectivity index (χ4v) is 2.33. The van der Waals surface area contributed by atoms with Crippen molar-refractivity contribution in [1.82, 2.24) is 5.32 Å². The SMILES string of the molecule is COc1cccc(C(=O)NCc2ccc(Br)cc2F)c1[N+](=O)[O-]. The number of para-hydroxylation sites is 1. The normalized spacial score (nSPS) is 10.2. The van der Waals surface area contributed by atoms with Gasteiger partial charge in [-0.05, 0) is 24.3 Å². The summed E-state index contributed by atoms with van der Waals surface area (Å²) >= 11 is 3.14. The van der Waals surface area contributed by atoms with E-state index in [4.69, 9.17) is 4.74 Å². The van der Waals surface area contributed by atoms with Gasteiger partial charge in [0, 0.05) is 16.6 Å². The summed E-state index contributed by atoms with van der Waals surface area (Å²) in [7, 11) is 1.28. The van der Waals surface area contributed by atoms with E-state index in [1.165, 1.54) is 37.4 Å². The average molecular weight is 383 g/mol. The van der Waals surface area contributed by atoms with E-state index >= 15 is 0 Å². The number of benzene rings is 2. The average Bonchev–Trinajstić information content (AvgIpc) is 2.52. The van der Waals surface area contributed by atoms with Crippen molar-refractivity contribution < 1.29 is 18.8 Å². The third kappa shape index (κ3) is 3.84. The molecule has 0 aromatic heterocycles. The maximum atomic E-state index is 13.7. The standard InChI is InChI=1S/C15H12BrFN2O4/c1-23-13-4-2-3-11(14(13)19(21)22)15(20)18-8-9-5-6-10(16)7-12(9)17/h2-7H,8H2,1H3,(H,18,20). The number of rotatable bonds is 5. The molecule has 1 amide bonds. The van der Waals surface area contributed by atoms with Crippen LogP contribution >= 0.6 is 15.9 Å². The molecule has 0 fully saturated rings. The molecule has 0 spiro atoms. The van der Waals surface area contributed by atoms with E-state index < -0.39 is 22.3 Å². The lowest BCUT2D eigenvalue weighted by Gasteiger charge is -2.09. The zero-order chi connectivity index (χ0) is 17.0. The molecule has 0 unspecified atom stereocenters. The second-order valence-electron chi connectivity index (χ2n) is 4.53. The van der Waals surface area contributed by atoms with Gasteiger partial charge in [0.1, 0.15) is 11.4 Å². The number of hydrogen-bond donors (Lipinski definition) is 1. The van der Waals surface area contributed by atoms with E-state index in [1.807, 2.05) is 0 Å². The van der Waals surface area contributed by atoms with Crippen molar-refractivity contribution in [3.8, 4) is 5.75 Å². The predicted octanol–water partition coefficient (Wildman–Crippen LogP) is 3.44. The fourth-order valence-electron chi connectivity index (χ4n) is 1.99. The summed E-state index contributed by atoms with van der Waals surface area (Å²) in [6, 6.07) is 8.60. The number of nitrogens with zero attached hydrogens (tertiary/aromatic N) is 1. The molecular weight excluding hydrogens is 371 g/mol. The maximum Gasteiger partial charge on any atom is 0.323 e. The van der Waals surface area contributed by atoms with Crippen LogP contribution in [0.5, 0.6) is 5.75 Å². The lowest BCUT2D eigenvalue weighted by atomic mass is 10.1. The first kappa shape index (κ1) is 16.9. The second-order valence-corrected chi connectivity index (χ2v) is 5.45. The highest BCUT2D eigenvalue weighted by Crippen LogP contribution is 2.30. The Labute approximate surface area is 139 Å². The van der Waals surface area contributed by atoms with Crippen molar-refractivity contribution in [2.24, 2.45) is 0 Å². The zero-order valence-corrected chi connectivity index (χ0v) is 13.6. The van der Waals surface area contributed by atoms with E-state index in [2.05, 4.69) is 21.2 Å². The summed E-state index contributed by atoms with van der Waals surface area (Å²) in [6.07, 6.45) is 0. The van der Waals surface area contributed by atoms with Crippen molar-refractivity contribution in [1.29, 1.82) is 0 Å². The second kappa shape index (κ2) is 7.19. The van der Waals surface area contributed by atoms with Crippen molar-refractivity contribution >= 4 is 27.5 Å². The van der Waals surface area contributed by atoms with Gasteiger partial charge in [-0.2, -0.15) is 0 Å². The largest absolute Gasteiger partial charge is 0.490 e. The highest BCUT2D eigenvalue weighted by Gasteiger charge is 2.25. The van der Waals surface area contributed by atoms with Gasteiger partial charge in [0.05, 0.1) is 12.0 Å². The zero-order valence-electron chi connectivity index (χ0n) is 12.0. The molecule has 0 saturated heterocycles. The molecule has 0 heterocycles. The Morgan fingerprint density at radius 3 is 2.74 bits per heavy atom. The molecule has 0 atom stereocenters. The number of amides is 1. The molecule has 2 rings (SSSR count). The Hall–Kier alpha value is -2.48. The minimum atomic E-state index is -0.687. The van der Waals surface area contributed by atoms with Gasteiger partial charge >= 0.3 is 5.69 Å². The number of hydrogen-bond acceptors (Lipinski definition) is 4. The van der Waals surface area contributed by atoms with Crippen LogP contribution in [0.1, 0.15) is 15.9 Å². The highest BCUT2D eigenvalue weighted by molar-refractivity contribution is 9.10. The summed E-state index contributed by atoms with van der Waals surface area (Å²) < 4.78 is 19.2. The Kier molecular flexibility index (Phi) is 5.28. The summed E-state index contributed by atoms with van der Waals surface area (Å²) in [4.78, 5) is 22.7. The first-order valence-corrected chi connectivity index (χ1v) is 7.27. The Bertz CT molecular complexity index is 767. The number of carbonyl (C=O) groups is 1. The molecule has 0 bridgehead atoms. The number of ether oxygens (including phenoxy) is 1. The van der Waals surface area contributed by atoms with Crippen molar-refractivity contribution in [2.45, 2.75) is 6.54 Å².